The van der Waals surface area contributed by atoms with Gasteiger partial charge in [-0.1, -0.05) is 6.92 Å². The Morgan fingerprint density at radius 1 is 1.22 bits per heavy atom. The van der Waals surface area contributed by atoms with E-state index in [1.807, 2.05) is 7.05 Å². The molecule has 0 aromatic heterocycles. The van der Waals surface area contributed by atoms with E-state index in [2.05, 4.69) is 22.0 Å². The first kappa shape index (κ1) is 15.8. The maximum absolute atomic E-state index is 12.1. The zero-order chi connectivity index (χ0) is 13.6. The molecule has 1 aliphatic heterocycles. The summed E-state index contributed by atoms with van der Waals surface area (Å²) in [6, 6.07) is 0. The molecule has 2 N–H and O–H groups in total. The molecule has 0 radical (unpaired) electrons. The summed E-state index contributed by atoms with van der Waals surface area (Å²) in [5, 5.41) is 4.52. The predicted molar refractivity (Wildman–Crippen MR) is 73.7 cm³/mol. The third-order valence-electron chi connectivity index (χ3n) is 3.15. The van der Waals surface area contributed by atoms with E-state index in [1.54, 1.807) is 11.9 Å². The monoisotopic (exact) mass is 278 g/mol. The Hall–Kier alpha value is -0.210. The van der Waals surface area contributed by atoms with Gasteiger partial charge in [0.25, 0.3) is 0 Å². The number of hydrazine groups is 1. The van der Waals surface area contributed by atoms with Crippen LogP contribution in [0.3, 0.4) is 0 Å². The molecule has 18 heavy (non-hydrogen) atoms. The maximum atomic E-state index is 12.1. The molecule has 1 heterocycles. The summed E-state index contributed by atoms with van der Waals surface area (Å²) in [6.07, 6.45) is 1.01. The van der Waals surface area contributed by atoms with Crippen molar-refractivity contribution < 1.29 is 8.42 Å². The molecule has 1 unspecified atom stereocenters. The molecule has 1 atom stereocenters. The van der Waals surface area contributed by atoms with Crippen molar-refractivity contribution in [1.82, 2.24) is 20.1 Å². The van der Waals surface area contributed by atoms with Crippen LogP contribution in [0.15, 0.2) is 0 Å². The Labute approximate surface area is 111 Å². The van der Waals surface area contributed by atoms with E-state index in [0.29, 0.717) is 6.54 Å². The van der Waals surface area contributed by atoms with Gasteiger partial charge in [-0.15, -0.1) is 4.83 Å². The SMILES string of the molecule is CCCNCC(C)S(=O)(=O)NN1CCN(C)CC1. The van der Waals surface area contributed by atoms with Crippen molar-refractivity contribution in [3.63, 3.8) is 0 Å². The van der Waals surface area contributed by atoms with Crippen LogP contribution < -0.4 is 10.1 Å². The van der Waals surface area contributed by atoms with Crippen LogP contribution in [-0.2, 0) is 10.0 Å². The van der Waals surface area contributed by atoms with Crippen molar-refractivity contribution in [3.05, 3.63) is 0 Å². The molecule has 1 fully saturated rings. The second kappa shape index (κ2) is 7.40. The largest absolute Gasteiger partial charge is 0.315 e. The summed E-state index contributed by atoms with van der Waals surface area (Å²) < 4.78 is 24.1. The topological polar surface area (TPSA) is 64.7 Å². The van der Waals surface area contributed by atoms with E-state index in [9.17, 15) is 8.42 Å². The van der Waals surface area contributed by atoms with Gasteiger partial charge in [0.1, 0.15) is 0 Å². The molecule has 0 aromatic rings. The van der Waals surface area contributed by atoms with E-state index in [4.69, 9.17) is 0 Å². The summed E-state index contributed by atoms with van der Waals surface area (Å²) in [5.74, 6) is 0. The van der Waals surface area contributed by atoms with Crippen LogP contribution in [0.1, 0.15) is 20.3 Å². The molecule has 6 nitrogen and oxygen atoms in total. The minimum atomic E-state index is -3.26. The van der Waals surface area contributed by atoms with E-state index in [1.165, 1.54) is 0 Å². The molecule has 0 amide bonds. The minimum Gasteiger partial charge on any atom is -0.315 e. The van der Waals surface area contributed by atoms with Gasteiger partial charge in [0, 0.05) is 32.7 Å². The Balaban J connectivity index is 2.38. The van der Waals surface area contributed by atoms with Crippen LogP contribution in [0.4, 0.5) is 0 Å². The van der Waals surface area contributed by atoms with Crippen LogP contribution in [-0.4, -0.2) is 69.9 Å². The zero-order valence-electron chi connectivity index (χ0n) is 11.6. The van der Waals surface area contributed by atoms with E-state index >= 15 is 0 Å². The van der Waals surface area contributed by atoms with Gasteiger partial charge >= 0.3 is 0 Å². The number of likely N-dealkylation sites (N-methyl/N-ethyl adjacent to an activating group) is 1. The molecular weight excluding hydrogens is 252 g/mol. The molecule has 1 saturated heterocycles. The average Bonchev–Trinajstić information content (AvgIpc) is 2.32. The zero-order valence-corrected chi connectivity index (χ0v) is 12.5. The molecule has 0 aromatic carbocycles. The number of nitrogens with zero attached hydrogens (tertiary/aromatic N) is 2. The number of nitrogens with one attached hydrogen (secondary N) is 2. The molecule has 7 heteroatoms. The second-order valence-electron chi connectivity index (χ2n) is 4.94. The van der Waals surface area contributed by atoms with E-state index in [0.717, 1.165) is 39.1 Å². The molecule has 0 bridgehead atoms. The highest BCUT2D eigenvalue weighted by atomic mass is 32.2. The number of rotatable bonds is 7. The summed E-state index contributed by atoms with van der Waals surface area (Å²) in [5.41, 5.74) is 0. The number of hydrogen-bond acceptors (Lipinski definition) is 5. The highest BCUT2D eigenvalue weighted by molar-refractivity contribution is 7.90. The Kier molecular flexibility index (Phi) is 6.51. The Morgan fingerprint density at radius 3 is 2.39 bits per heavy atom. The first-order chi connectivity index (χ1) is 8.45. The number of sulfonamides is 1. The van der Waals surface area contributed by atoms with Gasteiger partial charge in [0.15, 0.2) is 0 Å². The normalized spacial score (nSPS) is 21.1. The molecule has 0 saturated carbocycles. The van der Waals surface area contributed by atoms with Gasteiger partial charge < -0.3 is 10.2 Å². The van der Waals surface area contributed by atoms with Gasteiger partial charge in [0.05, 0.1) is 5.25 Å². The summed E-state index contributed by atoms with van der Waals surface area (Å²) >= 11 is 0. The quantitative estimate of drug-likeness (QED) is 0.612. The molecule has 1 rings (SSSR count). The molecule has 1 aliphatic rings. The van der Waals surface area contributed by atoms with Crippen molar-refractivity contribution in [2.75, 3.05) is 46.3 Å². The van der Waals surface area contributed by atoms with Crippen molar-refractivity contribution >= 4 is 10.0 Å². The lowest BCUT2D eigenvalue weighted by Crippen LogP contribution is -2.54. The van der Waals surface area contributed by atoms with Gasteiger partial charge in [-0.25, -0.2) is 13.4 Å². The summed E-state index contributed by atoms with van der Waals surface area (Å²) in [4.78, 5) is 4.87. The molecule has 108 valence electrons. The maximum Gasteiger partial charge on any atom is 0.228 e. The summed E-state index contributed by atoms with van der Waals surface area (Å²) in [7, 11) is -1.22. The lowest BCUT2D eigenvalue weighted by atomic mass is 10.4. The average molecular weight is 278 g/mol. The first-order valence-electron chi connectivity index (χ1n) is 6.61. The van der Waals surface area contributed by atoms with Crippen LogP contribution in [0.25, 0.3) is 0 Å². The molecular formula is C11H26N4O2S. The standard InChI is InChI=1S/C11H26N4O2S/c1-4-5-12-10-11(2)18(16,17)13-15-8-6-14(3)7-9-15/h11-13H,4-10H2,1-3H3. The second-order valence-corrected chi connectivity index (χ2v) is 7.02. The third-order valence-corrected chi connectivity index (χ3v) is 4.89. The third kappa shape index (κ3) is 5.19. The fraction of sp³-hybridized carbons (Fsp3) is 1.00. The lowest BCUT2D eigenvalue weighted by molar-refractivity contribution is 0.134. The lowest BCUT2D eigenvalue weighted by Gasteiger charge is -2.32. The fourth-order valence-corrected chi connectivity index (χ4v) is 2.82. The number of hydrogen-bond donors (Lipinski definition) is 2. The Bertz CT molecular complexity index is 326. The highest BCUT2D eigenvalue weighted by Gasteiger charge is 2.24. The van der Waals surface area contributed by atoms with Crippen LogP contribution in [0.5, 0.6) is 0 Å². The minimum absolute atomic E-state index is 0.413. The Morgan fingerprint density at radius 2 is 1.83 bits per heavy atom. The fourth-order valence-electron chi connectivity index (χ4n) is 1.76. The van der Waals surface area contributed by atoms with Gasteiger partial charge in [-0.05, 0) is 26.9 Å². The van der Waals surface area contributed by atoms with Gasteiger partial charge in [-0.2, -0.15) is 0 Å². The van der Waals surface area contributed by atoms with Crippen molar-refractivity contribution in [2.45, 2.75) is 25.5 Å². The van der Waals surface area contributed by atoms with Crippen LogP contribution in [0, 0.1) is 0 Å². The summed E-state index contributed by atoms with van der Waals surface area (Å²) in [6.45, 7) is 8.42. The molecule has 0 spiro atoms. The van der Waals surface area contributed by atoms with Crippen molar-refractivity contribution in [3.8, 4) is 0 Å². The van der Waals surface area contributed by atoms with Gasteiger partial charge in [-0.3, -0.25) is 0 Å². The van der Waals surface area contributed by atoms with Crippen molar-refractivity contribution in [2.24, 2.45) is 0 Å². The van der Waals surface area contributed by atoms with Crippen molar-refractivity contribution in [1.29, 1.82) is 0 Å². The molecule has 0 aliphatic carbocycles. The van der Waals surface area contributed by atoms with E-state index in [-0.39, 0.29) is 0 Å². The smallest absolute Gasteiger partial charge is 0.228 e. The first-order valence-corrected chi connectivity index (χ1v) is 8.16. The highest BCUT2D eigenvalue weighted by Crippen LogP contribution is 2.02. The van der Waals surface area contributed by atoms with Crippen LogP contribution in [0.2, 0.25) is 0 Å². The van der Waals surface area contributed by atoms with E-state index < -0.39 is 15.3 Å². The predicted octanol–water partition coefficient (Wildman–Crippen LogP) is -0.544. The van der Waals surface area contributed by atoms with Crippen LogP contribution >= 0.6 is 0 Å². The van der Waals surface area contributed by atoms with Gasteiger partial charge in [0.2, 0.25) is 10.0 Å². The number of piperazine rings is 1.